The molecule has 2 atom stereocenters. The van der Waals surface area contributed by atoms with Crippen molar-refractivity contribution in [1.29, 1.82) is 0 Å². The highest BCUT2D eigenvalue weighted by molar-refractivity contribution is 7.09. The van der Waals surface area contributed by atoms with Gasteiger partial charge in [-0.25, -0.2) is 0 Å². The average Bonchev–Trinajstić information content (AvgIpc) is 2.67. The zero-order valence-corrected chi connectivity index (χ0v) is 11.9. The molecule has 1 saturated carbocycles. The topological polar surface area (TPSA) is 26.0 Å². The van der Waals surface area contributed by atoms with E-state index < -0.39 is 0 Å². The van der Waals surface area contributed by atoms with Crippen molar-refractivity contribution < 1.29 is 0 Å². The summed E-state index contributed by atoms with van der Waals surface area (Å²) >= 11 is 1.85. The zero-order valence-electron chi connectivity index (χ0n) is 11.1. The molecule has 0 spiro atoms. The van der Waals surface area contributed by atoms with Crippen LogP contribution in [0.25, 0.3) is 0 Å². The Morgan fingerprint density at radius 2 is 2.24 bits per heavy atom. The molecule has 1 fully saturated rings. The summed E-state index contributed by atoms with van der Waals surface area (Å²) in [6.07, 6.45) is 7.49. The SMILES string of the molecule is CC(C)C1CCCC(N)(Cc2cccs2)CC1. The van der Waals surface area contributed by atoms with Crippen molar-refractivity contribution in [1.82, 2.24) is 0 Å². The highest BCUT2D eigenvalue weighted by Crippen LogP contribution is 2.35. The number of thiophene rings is 1. The van der Waals surface area contributed by atoms with Gasteiger partial charge in [-0.2, -0.15) is 0 Å². The fourth-order valence-corrected chi connectivity index (χ4v) is 3.92. The molecule has 1 heterocycles. The van der Waals surface area contributed by atoms with Crippen LogP contribution in [0.3, 0.4) is 0 Å². The maximum absolute atomic E-state index is 6.62. The first kappa shape index (κ1) is 13.1. The largest absolute Gasteiger partial charge is 0.325 e. The fraction of sp³-hybridized carbons (Fsp3) is 0.733. The van der Waals surface area contributed by atoms with Crippen molar-refractivity contribution >= 4 is 11.3 Å². The van der Waals surface area contributed by atoms with E-state index in [1.807, 2.05) is 11.3 Å². The minimum Gasteiger partial charge on any atom is -0.325 e. The van der Waals surface area contributed by atoms with Crippen molar-refractivity contribution in [2.45, 2.75) is 57.9 Å². The van der Waals surface area contributed by atoms with Gasteiger partial charge in [-0.1, -0.05) is 32.8 Å². The average molecular weight is 251 g/mol. The monoisotopic (exact) mass is 251 g/mol. The standard InChI is InChI=1S/C15H25NS/c1-12(2)13-5-3-8-15(16,9-7-13)11-14-6-4-10-17-14/h4,6,10,12-13H,3,5,7-9,11,16H2,1-2H3. The van der Waals surface area contributed by atoms with E-state index >= 15 is 0 Å². The first-order valence-electron chi connectivity index (χ1n) is 6.90. The van der Waals surface area contributed by atoms with Crippen LogP contribution < -0.4 is 5.73 Å². The van der Waals surface area contributed by atoms with Crippen molar-refractivity contribution in [3.63, 3.8) is 0 Å². The molecule has 2 rings (SSSR count). The third kappa shape index (κ3) is 3.56. The molecule has 0 aromatic carbocycles. The normalized spacial score (nSPS) is 30.5. The van der Waals surface area contributed by atoms with Gasteiger partial charge in [0.05, 0.1) is 0 Å². The summed E-state index contributed by atoms with van der Waals surface area (Å²) < 4.78 is 0. The number of hydrogen-bond donors (Lipinski definition) is 1. The van der Waals surface area contributed by atoms with Crippen molar-refractivity contribution in [2.75, 3.05) is 0 Å². The van der Waals surface area contributed by atoms with Gasteiger partial charge >= 0.3 is 0 Å². The second kappa shape index (κ2) is 5.53. The van der Waals surface area contributed by atoms with Gasteiger partial charge in [0, 0.05) is 10.4 Å². The predicted octanol–water partition coefficient (Wildman–Crippen LogP) is 4.22. The van der Waals surface area contributed by atoms with Crippen LogP contribution in [-0.2, 0) is 6.42 Å². The zero-order chi connectivity index (χ0) is 12.3. The Bertz CT molecular complexity index is 331. The highest BCUT2D eigenvalue weighted by atomic mass is 32.1. The number of rotatable bonds is 3. The molecule has 0 radical (unpaired) electrons. The minimum absolute atomic E-state index is 0.0640. The van der Waals surface area contributed by atoms with E-state index in [9.17, 15) is 0 Å². The Morgan fingerprint density at radius 1 is 1.41 bits per heavy atom. The summed E-state index contributed by atoms with van der Waals surface area (Å²) in [5.74, 6) is 1.71. The Hall–Kier alpha value is -0.340. The lowest BCUT2D eigenvalue weighted by atomic mass is 9.85. The van der Waals surface area contributed by atoms with Gasteiger partial charge in [0.25, 0.3) is 0 Å². The van der Waals surface area contributed by atoms with Gasteiger partial charge in [0.15, 0.2) is 0 Å². The van der Waals surface area contributed by atoms with E-state index in [1.165, 1.54) is 37.0 Å². The molecule has 1 aromatic heterocycles. The van der Waals surface area contributed by atoms with Crippen LogP contribution in [-0.4, -0.2) is 5.54 Å². The molecular weight excluding hydrogens is 226 g/mol. The summed E-state index contributed by atoms with van der Waals surface area (Å²) in [4.78, 5) is 1.45. The number of hydrogen-bond acceptors (Lipinski definition) is 2. The lowest BCUT2D eigenvalue weighted by Crippen LogP contribution is -2.41. The Morgan fingerprint density at radius 3 is 2.88 bits per heavy atom. The third-order valence-corrected chi connectivity index (χ3v) is 5.19. The smallest absolute Gasteiger partial charge is 0.0203 e. The van der Waals surface area contributed by atoms with E-state index in [2.05, 4.69) is 31.4 Å². The van der Waals surface area contributed by atoms with Crippen molar-refractivity contribution in [3.8, 4) is 0 Å². The Balaban J connectivity index is 1.96. The molecule has 2 heteroatoms. The van der Waals surface area contributed by atoms with E-state index in [4.69, 9.17) is 5.73 Å². The van der Waals surface area contributed by atoms with Gasteiger partial charge in [0.2, 0.25) is 0 Å². The molecule has 0 amide bonds. The maximum Gasteiger partial charge on any atom is 0.0203 e. The summed E-state index contributed by atoms with van der Waals surface area (Å²) in [5.41, 5.74) is 6.68. The molecule has 1 aliphatic carbocycles. The molecule has 1 nitrogen and oxygen atoms in total. The summed E-state index contributed by atoms with van der Waals surface area (Å²) in [6.45, 7) is 4.71. The summed E-state index contributed by atoms with van der Waals surface area (Å²) in [6, 6.07) is 4.36. The van der Waals surface area contributed by atoms with Crippen LogP contribution in [0, 0.1) is 11.8 Å². The molecule has 1 aliphatic rings. The van der Waals surface area contributed by atoms with Crippen LogP contribution >= 0.6 is 11.3 Å². The fourth-order valence-electron chi connectivity index (χ4n) is 3.06. The summed E-state index contributed by atoms with van der Waals surface area (Å²) in [5, 5.41) is 2.16. The van der Waals surface area contributed by atoms with Gasteiger partial charge in [-0.15, -0.1) is 11.3 Å². The van der Waals surface area contributed by atoms with Crippen LogP contribution in [0.4, 0.5) is 0 Å². The molecule has 17 heavy (non-hydrogen) atoms. The van der Waals surface area contributed by atoms with Crippen LogP contribution in [0.15, 0.2) is 17.5 Å². The van der Waals surface area contributed by atoms with Crippen LogP contribution in [0.5, 0.6) is 0 Å². The van der Waals surface area contributed by atoms with Gasteiger partial charge in [-0.05, 0) is 49.0 Å². The lowest BCUT2D eigenvalue weighted by molar-refractivity contribution is 0.322. The first-order chi connectivity index (χ1) is 8.09. The second-order valence-corrected chi connectivity index (χ2v) is 7.09. The maximum atomic E-state index is 6.62. The third-order valence-electron chi connectivity index (χ3n) is 4.31. The predicted molar refractivity (Wildman–Crippen MR) is 76.4 cm³/mol. The molecule has 0 bridgehead atoms. The quantitative estimate of drug-likeness (QED) is 0.800. The van der Waals surface area contributed by atoms with E-state index in [0.29, 0.717) is 0 Å². The van der Waals surface area contributed by atoms with Crippen molar-refractivity contribution in [2.24, 2.45) is 17.6 Å². The van der Waals surface area contributed by atoms with E-state index in [-0.39, 0.29) is 5.54 Å². The molecule has 96 valence electrons. The second-order valence-electron chi connectivity index (χ2n) is 6.05. The Labute approximate surface area is 109 Å². The van der Waals surface area contributed by atoms with Crippen molar-refractivity contribution in [3.05, 3.63) is 22.4 Å². The van der Waals surface area contributed by atoms with Gasteiger partial charge in [-0.3, -0.25) is 0 Å². The molecule has 2 unspecified atom stereocenters. The molecular formula is C15H25NS. The molecule has 2 N–H and O–H groups in total. The van der Waals surface area contributed by atoms with Crippen LogP contribution in [0.2, 0.25) is 0 Å². The Kier molecular flexibility index (Phi) is 4.26. The van der Waals surface area contributed by atoms with Gasteiger partial charge < -0.3 is 5.73 Å². The summed E-state index contributed by atoms with van der Waals surface area (Å²) in [7, 11) is 0. The van der Waals surface area contributed by atoms with E-state index in [0.717, 1.165) is 18.3 Å². The highest BCUT2D eigenvalue weighted by Gasteiger charge is 2.30. The lowest BCUT2D eigenvalue weighted by Gasteiger charge is -2.28. The number of nitrogens with two attached hydrogens (primary N) is 1. The minimum atomic E-state index is 0.0640. The molecule has 0 aliphatic heterocycles. The molecule has 1 aromatic rings. The molecule has 0 saturated heterocycles. The van der Waals surface area contributed by atoms with E-state index in [1.54, 1.807) is 0 Å². The van der Waals surface area contributed by atoms with Crippen LogP contribution in [0.1, 0.15) is 50.8 Å². The van der Waals surface area contributed by atoms with Gasteiger partial charge in [0.1, 0.15) is 0 Å². The first-order valence-corrected chi connectivity index (χ1v) is 7.78.